The van der Waals surface area contributed by atoms with Crippen LogP contribution in [0.5, 0.6) is 0 Å². The zero-order valence-electron chi connectivity index (χ0n) is 60.4. The van der Waals surface area contributed by atoms with Crippen molar-refractivity contribution in [2.75, 3.05) is 26.4 Å². The number of hydrogen-bond donors (Lipinski definition) is 12. The fraction of sp³-hybridized carbons (Fsp3) is 0.738. The number of aliphatic hydroxyl groups is 11. The quantitative estimate of drug-likeness (QED) is 0.0199. The zero-order chi connectivity index (χ0) is 71.8. The van der Waals surface area contributed by atoms with Gasteiger partial charge in [-0.25, -0.2) is 0 Å². The first-order valence-corrected chi connectivity index (χ1v) is 38.3. The summed E-state index contributed by atoms with van der Waals surface area (Å²) in [5, 5.41) is 121. The molecule has 99 heavy (non-hydrogen) atoms. The van der Waals surface area contributed by atoms with Gasteiger partial charge in [0.2, 0.25) is 5.91 Å². The fourth-order valence-corrected chi connectivity index (χ4v) is 12.1. The molecule has 0 radical (unpaired) electrons. The van der Waals surface area contributed by atoms with E-state index < -0.39 is 124 Å². The first-order chi connectivity index (χ1) is 48.3. The number of hydrogen-bond acceptors (Lipinski definition) is 18. The minimum atomic E-state index is -1.99. The lowest BCUT2D eigenvalue weighted by Gasteiger charge is -2.48. The first-order valence-electron chi connectivity index (χ1n) is 38.3. The van der Waals surface area contributed by atoms with Gasteiger partial charge in [-0.2, -0.15) is 0 Å². The van der Waals surface area contributed by atoms with Gasteiger partial charge < -0.3 is 89.9 Å². The molecule has 1 amide bonds. The molecule has 3 aliphatic rings. The molecule has 3 saturated heterocycles. The van der Waals surface area contributed by atoms with E-state index in [4.69, 9.17) is 28.4 Å². The van der Waals surface area contributed by atoms with Crippen LogP contribution in [-0.2, 0) is 33.2 Å². The number of rotatable bonds is 58. The van der Waals surface area contributed by atoms with Crippen molar-refractivity contribution in [1.82, 2.24) is 5.32 Å². The summed E-state index contributed by atoms with van der Waals surface area (Å²) in [5.74, 6) is -0.311. The molecule has 17 atom stereocenters. The lowest BCUT2D eigenvalue weighted by Crippen LogP contribution is -2.66. The minimum Gasteiger partial charge on any atom is -0.394 e. The number of carbonyl (C=O) groups is 1. The summed E-state index contributed by atoms with van der Waals surface area (Å²) >= 11 is 0. The van der Waals surface area contributed by atoms with Crippen molar-refractivity contribution in [1.29, 1.82) is 0 Å². The standard InChI is InChI=1S/C80H135NO18/c1-3-5-7-9-11-13-15-17-19-21-23-25-27-28-29-30-31-32-33-34-36-38-40-42-44-46-48-50-52-54-56-58-68(86)81-63(64(85)57-55-53-51-49-47-45-43-41-39-37-35-26-24-22-20-18-16-14-12-10-8-6-4-2)62-94-78-74(92)71(89)76(66(60-83)96-78)99-80-75(93)72(90)77(67(61-84)97-80)98-79-73(91)70(88)69(87)65(59-82)95-79/h5,7,11,13,17,19,23,25,28-29,31-32,34,36,40,42,46,48,55,57,63-67,69-80,82-85,87-93H,3-4,6,8-10,12,14-16,18,20-22,24,26-27,30,33,35,37-39,41,43-45,47,49-54,56,58-62H2,1-2H3,(H,81,86)/b7-5-,13-11-,19-17-,25-23-,29-28-,32-31-,36-34-,42-40-,48-46-,57-55+. The van der Waals surface area contributed by atoms with Crippen LogP contribution in [0.25, 0.3) is 0 Å². The van der Waals surface area contributed by atoms with E-state index in [1.54, 1.807) is 6.08 Å². The number of unbranched alkanes of at least 4 members (excludes halogenated alkanes) is 24. The maximum atomic E-state index is 13.4. The highest BCUT2D eigenvalue weighted by molar-refractivity contribution is 5.76. The van der Waals surface area contributed by atoms with E-state index >= 15 is 0 Å². The molecule has 3 heterocycles. The van der Waals surface area contributed by atoms with Crippen molar-refractivity contribution in [2.24, 2.45) is 0 Å². The molecule has 19 nitrogen and oxygen atoms in total. The summed E-state index contributed by atoms with van der Waals surface area (Å²) in [6.45, 7) is 1.60. The smallest absolute Gasteiger partial charge is 0.220 e. The zero-order valence-corrected chi connectivity index (χ0v) is 60.4. The topological polar surface area (TPSA) is 307 Å². The molecular formula is C80H135NO18. The predicted molar refractivity (Wildman–Crippen MR) is 392 cm³/mol. The molecule has 3 fully saturated rings. The number of allylic oxidation sites excluding steroid dienone is 19. The molecule has 0 bridgehead atoms. The van der Waals surface area contributed by atoms with Gasteiger partial charge in [0, 0.05) is 6.42 Å². The molecule has 0 aromatic carbocycles. The Kier molecular flexibility index (Phi) is 53.8. The van der Waals surface area contributed by atoms with Gasteiger partial charge in [-0.1, -0.05) is 270 Å². The van der Waals surface area contributed by atoms with E-state index in [2.05, 4.69) is 129 Å². The van der Waals surface area contributed by atoms with Crippen molar-refractivity contribution in [3.63, 3.8) is 0 Å². The molecule has 12 N–H and O–H groups in total. The molecule has 568 valence electrons. The SMILES string of the molecule is CC/C=C\C/C=C\C/C=C\C/C=C\C/C=C\C/C=C\C/C=C\C/C=C\C/C=C\CCCCCC(=O)NC(COC1OC(CO)C(OC2OC(CO)C(OC3OC(CO)C(O)C(O)C3O)C(O)C2O)C(O)C1O)C(O)/C=C/CCCCCCCCCCCCCCCCCCCCCCC. The minimum absolute atomic E-state index is 0.195. The normalized spacial score (nSPS) is 27.3. The van der Waals surface area contributed by atoms with Gasteiger partial charge in [0.25, 0.3) is 0 Å². The number of ether oxygens (including phenoxy) is 6. The van der Waals surface area contributed by atoms with E-state index in [9.17, 15) is 61.0 Å². The van der Waals surface area contributed by atoms with Crippen molar-refractivity contribution in [3.05, 3.63) is 122 Å². The highest BCUT2D eigenvalue weighted by Crippen LogP contribution is 2.33. The number of aliphatic hydroxyl groups excluding tert-OH is 11. The van der Waals surface area contributed by atoms with E-state index in [0.29, 0.717) is 6.42 Å². The second-order valence-electron chi connectivity index (χ2n) is 26.7. The van der Waals surface area contributed by atoms with Crippen LogP contribution >= 0.6 is 0 Å². The van der Waals surface area contributed by atoms with Crippen molar-refractivity contribution in [3.8, 4) is 0 Å². The molecule has 3 aliphatic heterocycles. The van der Waals surface area contributed by atoms with Crippen LogP contribution in [0.15, 0.2) is 122 Å². The molecular weight excluding hydrogens is 1260 g/mol. The lowest BCUT2D eigenvalue weighted by molar-refractivity contribution is -0.379. The van der Waals surface area contributed by atoms with Crippen molar-refractivity contribution >= 4 is 5.91 Å². The van der Waals surface area contributed by atoms with Crippen molar-refractivity contribution in [2.45, 2.75) is 349 Å². The highest BCUT2D eigenvalue weighted by Gasteiger charge is 2.53. The Morgan fingerprint density at radius 3 is 1.09 bits per heavy atom. The molecule has 0 aromatic heterocycles. The summed E-state index contributed by atoms with van der Waals surface area (Å²) < 4.78 is 34.4. The van der Waals surface area contributed by atoms with Gasteiger partial charge >= 0.3 is 0 Å². The monoisotopic (exact) mass is 1400 g/mol. The number of nitrogens with one attached hydrogen (secondary N) is 1. The largest absolute Gasteiger partial charge is 0.394 e. The van der Waals surface area contributed by atoms with Gasteiger partial charge in [0.1, 0.15) is 73.2 Å². The second kappa shape index (κ2) is 59.6. The Balaban J connectivity index is 1.43. The van der Waals surface area contributed by atoms with Gasteiger partial charge in [-0.15, -0.1) is 0 Å². The van der Waals surface area contributed by atoms with Crippen molar-refractivity contribution < 1.29 is 89.4 Å². The van der Waals surface area contributed by atoms with Gasteiger partial charge in [-0.3, -0.25) is 4.79 Å². The van der Waals surface area contributed by atoms with Crippen LogP contribution in [0, 0.1) is 0 Å². The molecule has 0 aliphatic carbocycles. The summed E-state index contributed by atoms with van der Waals surface area (Å²) in [6, 6.07) is -1.00. The average Bonchev–Trinajstić information content (AvgIpc) is 0.577. The summed E-state index contributed by atoms with van der Waals surface area (Å²) in [6.07, 6.45) is 55.9. The van der Waals surface area contributed by atoms with E-state index in [0.717, 1.165) is 103 Å². The molecule has 19 heteroatoms. The fourth-order valence-electron chi connectivity index (χ4n) is 12.1. The van der Waals surface area contributed by atoms with Gasteiger partial charge in [0.15, 0.2) is 18.9 Å². The summed E-state index contributed by atoms with van der Waals surface area (Å²) in [4.78, 5) is 13.4. The molecule has 0 spiro atoms. The summed E-state index contributed by atoms with van der Waals surface area (Å²) in [7, 11) is 0. The molecule has 0 aromatic rings. The Labute approximate surface area is 595 Å². The third-order valence-corrected chi connectivity index (χ3v) is 18.3. The van der Waals surface area contributed by atoms with Crippen LogP contribution in [0.3, 0.4) is 0 Å². The third kappa shape index (κ3) is 40.2. The molecule has 17 unspecified atom stereocenters. The second-order valence-corrected chi connectivity index (χ2v) is 26.7. The highest BCUT2D eigenvalue weighted by atomic mass is 16.8. The number of amides is 1. The maximum Gasteiger partial charge on any atom is 0.220 e. The summed E-state index contributed by atoms with van der Waals surface area (Å²) in [5.41, 5.74) is 0. The van der Waals surface area contributed by atoms with Gasteiger partial charge in [-0.05, 0) is 89.9 Å². The van der Waals surface area contributed by atoms with Crippen LogP contribution in [0.4, 0.5) is 0 Å². The van der Waals surface area contributed by atoms with Crippen LogP contribution in [-0.4, -0.2) is 193 Å². The Bertz CT molecular complexity index is 2260. The van der Waals surface area contributed by atoms with E-state index in [1.165, 1.54) is 116 Å². The Morgan fingerprint density at radius 1 is 0.374 bits per heavy atom. The van der Waals surface area contributed by atoms with Crippen LogP contribution in [0.1, 0.15) is 245 Å². The van der Waals surface area contributed by atoms with Crippen LogP contribution in [0.2, 0.25) is 0 Å². The predicted octanol–water partition coefficient (Wildman–Crippen LogP) is 11.9. The van der Waals surface area contributed by atoms with Crippen LogP contribution < -0.4 is 5.32 Å². The van der Waals surface area contributed by atoms with E-state index in [-0.39, 0.29) is 18.9 Å². The Morgan fingerprint density at radius 2 is 0.697 bits per heavy atom. The average molecular weight is 1400 g/mol. The van der Waals surface area contributed by atoms with E-state index in [1.807, 2.05) is 6.08 Å². The lowest BCUT2D eigenvalue weighted by atomic mass is 9.96. The number of carbonyl (C=O) groups excluding carboxylic acids is 1. The molecule has 3 rings (SSSR count). The maximum absolute atomic E-state index is 13.4. The molecule has 0 saturated carbocycles. The third-order valence-electron chi connectivity index (χ3n) is 18.3. The Hall–Kier alpha value is -3.81. The first kappa shape index (κ1) is 89.4. The van der Waals surface area contributed by atoms with Gasteiger partial charge in [0.05, 0.1) is 38.6 Å².